The predicted octanol–water partition coefficient (Wildman–Crippen LogP) is 1.40. The molecule has 1 aromatic carbocycles. The van der Waals surface area contributed by atoms with Gasteiger partial charge in [0, 0.05) is 24.2 Å². The molecule has 2 aromatic heterocycles. The molecule has 3 aromatic rings. The molecule has 0 fully saturated rings. The molecule has 0 aliphatic heterocycles. The fourth-order valence-corrected chi connectivity index (χ4v) is 1.79. The molecule has 5 heteroatoms. The molecule has 0 saturated heterocycles. The summed E-state index contributed by atoms with van der Waals surface area (Å²) < 4.78 is 1.45. The summed E-state index contributed by atoms with van der Waals surface area (Å²) in [4.78, 5) is 18.3. The maximum absolute atomic E-state index is 11.5. The number of aromatic nitrogens is 3. The normalized spacial score (nSPS) is 10.8. The summed E-state index contributed by atoms with van der Waals surface area (Å²) >= 11 is 0. The Bertz CT molecular complexity index is 725. The molecule has 17 heavy (non-hydrogen) atoms. The standard InChI is InChI=1S/C12H9N3O2/c16-9-3-1-8(2-4-9)10-7-14-12(17)15-6-5-13-11(10)15/h1-7,16H,(H,14,17). The number of phenolic OH excluding ortho intramolecular Hbond substituents is 1. The van der Waals surface area contributed by atoms with Crippen LogP contribution in [0.3, 0.4) is 0 Å². The van der Waals surface area contributed by atoms with Gasteiger partial charge >= 0.3 is 5.69 Å². The van der Waals surface area contributed by atoms with Crippen LogP contribution in [0, 0.1) is 0 Å². The van der Waals surface area contributed by atoms with E-state index in [1.54, 1.807) is 42.9 Å². The molecule has 0 aliphatic carbocycles. The lowest BCUT2D eigenvalue weighted by molar-refractivity contribution is 0.475. The quantitative estimate of drug-likeness (QED) is 0.660. The van der Waals surface area contributed by atoms with E-state index in [1.165, 1.54) is 4.40 Å². The number of hydrogen-bond acceptors (Lipinski definition) is 3. The van der Waals surface area contributed by atoms with Crippen molar-refractivity contribution < 1.29 is 5.11 Å². The van der Waals surface area contributed by atoms with E-state index in [-0.39, 0.29) is 11.4 Å². The van der Waals surface area contributed by atoms with Gasteiger partial charge in [0.05, 0.1) is 0 Å². The third kappa shape index (κ3) is 1.48. The first-order valence-electron chi connectivity index (χ1n) is 5.10. The molecule has 5 nitrogen and oxygen atoms in total. The first kappa shape index (κ1) is 9.65. The Balaban J connectivity index is 2.31. The molecule has 2 heterocycles. The molecule has 0 saturated carbocycles. The van der Waals surface area contributed by atoms with Gasteiger partial charge in [0.25, 0.3) is 0 Å². The maximum atomic E-state index is 11.5. The van der Waals surface area contributed by atoms with Crippen molar-refractivity contribution >= 4 is 5.65 Å². The van der Waals surface area contributed by atoms with Crippen molar-refractivity contribution in [2.45, 2.75) is 0 Å². The lowest BCUT2D eigenvalue weighted by Crippen LogP contribution is -2.15. The Kier molecular flexibility index (Phi) is 1.98. The number of phenols is 1. The molecule has 3 rings (SSSR count). The van der Waals surface area contributed by atoms with Crippen molar-refractivity contribution in [3.05, 3.63) is 53.3 Å². The molecule has 2 N–H and O–H groups in total. The van der Waals surface area contributed by atoms with E-state index in [2.05, 4.69) is 9.97 Å². The Morgan fingerprint density at radius 2 is 2.00 bits per heavy atom. The van der Waals surface area contributed by atoms with E-state index in [1.807, 2.05) is 0 Å². The van der Waals surface area contributed by atoms with Crippen molar-refractivity contribution in [2.75, 3.05) is 0 Å². The highest BCUT2D eigenvalue weighted by Gasteiger charge is 2.07. The number of nitrogens with zero attached hydrogens (tertiary/aromatic N) is 2. The number of hydrogen-bond donors (Lipinski definition) is 2. The Morgan fingerprint density at radius 1 is 1.24 bits per heavy atom. The zero-order valence-electron chi connectivity index (χ0n) is 8.79. The van der Waals surface area contributed by atoms with Crippen molar-refractivity contribution in [3.8, 4) is 16.9 Å². The topological polar surface area (TPSA) is 70.4 Å². The summed E-state index contributed by atoms with van der Waals surface area (Å²) in [5, 5.41) is 9.24. The Labute approximate surface area is 96.0 Å². The lowest BCUT2D eigenvalue weighted by Gasteiger charge is -2.03. The van der Waals surface area contributed by atoms with Gasteiger partial charge in [-0.2, -0.15) is 0 Å². The Hall–Kier alpha value is -2.56. The summed E-state index contributed by atoms with van der Waals surface area (Å²) in [5.41, 5.74) is 2.07. The van der Waals surface area contributed by atoms with Crippen LogP contribution in [-0.2, 0) is 0 Å². The van der Waals surface area contributed by atoms with Crippen LogP contribution in [0.25, 0.3) is 16.8 Å². The molecular formula is C12H9N3O2. The van der Waals surface area contributed by atoms with Crippen LogP contribution in [0.1, 0.15) is 0 Å². The molecule has 0 spiro atoms. The van der Waals surface area contributed by atoms with E-state index in [4.69, 9.17) is 0 Å². The van der Waals surface area contributed by atoms with Crippen LogP contribution in [0.5, 0.6) is 5.75 Å². The highest BCUT2D eigenvalue weighted by molar-refractivity contribution is 5.76. The number of benzene rings is 1. The number of imidazole rings is 1. The lowest BCUT2D eigenvalue weighted by atomic mass is 10.1. The van der Waals surface area contributed by atoms with Gasteiger partial charge in [-0.1, -0.05) is 12.1 Å². The van der Waals surface area contributed by atoms with Crippen molar-refractivity contribution in [3.63, 3.8) is 0 Å². The van der Waals surface area contributed by atoms with Gasteiger partial charge < -0.3 is 10.1 Å². The van der Waals surface area contributed by atoms with Gasteiger partial charge in [0.2, 0.25) is 0 Å². The fraction of sp³-hybridized carbons (Fsp3) is 0. The first-order valence-corrected chi connectivity index (χ1v) is 5.10. The van der Waals surface area contributed by atoms with Crippen LogP contribution in [0.15, 0.2) is 47.7 Å². The number of H-pyrrole nitrogens is 1. The van der Waals surface area contributed by atoms with E-state index in [0.29, 0.717) is 5.65 Å². The zero-order chi connectivity index (χ0) is 11.8. The number of aromatic amines is 1. The van der Waals surface area contributed by atoms with Crippen molar-refractivity contribution in [2.24, 2.45) is 0 Å². The highest BCUT2D eigenvalue weighted by atomic mass is 16.3. The van der Waals surface area contributed by atoms with Crippen molar-refractivity contribution in [1.29, 1.82) is 0 Å². The maximum Gasteiger partial charge on any atom is 0.331 e. The van der Waals surface area contributed by atoms with E-state index < -0.39 is 0 Å². The second-order valence-electron chi connectivity index (χ2n) is 3.68. The molecule has 0 atom stereocenters. The van der Waals surface area contributed by atoms with Gasteiger partial charge in [0.1, 0.15) is 11.4 Å². The number of fused-ring (bicyclic) bond motifs is 1. The molecule has 84 valence electrons. The number of rotatable bonds is 1. The minimum atomic E-state index is -0.222. The van der Waals surface area contributed by atoms with E-state index in [9.17, 15) is 9.90 Å². The largest absolute Gasteiger partial charge is 0.508 e. The summed E-state index contributed by atoms with van der Waals surface area (Å²) in [6.07, 6.45) is 4.81. The summed E-state index contributed by atoms with van der Waals surface area (Å²) in [7, 11) is 0. The number of aromatic hydroxyl groups is 1. The zero-order valence-corrected chi connectivity index (χ0v) is 8.79. The minimum absolute atomic E-state index is 0.206. The predicted molar refractivity (Wildman–Crippen MR) is 62.9 cm³/mol. The second kappa shape index (κ2) is 3.48. The van der Waals surface area contributed by atoms with Gasteiger partial charge in [-0.25, -0.2) is 9.78 Å². The van der Waals surface area contributed by atoms with Gasteiger partial charge in [-0.05, 0) is 17.7 Å². The van der Waals surface area contributed by atoms with E-state index >= 15 is 0 Å². The van der Waals surface area contributed by atoms with Crippen LogP contribution < -0.4 is 5.69 Å². The summed E-state index contributed by atoms with van der Waals surface area (Å²) in [5.74, 6) is 0.206. The Morgan fingerprint density at radius 3 is 2.76 bits per heavy atom. The van der Waals surface area contributed by atoms with Crippen LogP contribution >= 0.6 is 0 Å². The third-order valence-electron chi connectivity index (χ3n) is 2.62. The van der Waals surface area contributed by atoms with Crippen LogP contribution in [0.4, 0.5) is 0 Å². The molecule has 0 radical (unpaired) electrons. The smallest absolute Gasteiger partial charge is 0.331 e. The SMILES string of the molecule is O=c1[nH]cc(-c2ccc(O)cc2)c2nccn12. The van der Waals surface area contributed by atoms with Gasteiger partial charge in [-0.15, -0.1) is 0 Å². The summed E-state index contributed by atoms with van der Waals surface area (Å²) in [6.45, 7) is 0. The van der Waals surface area contributed by atoms with Gasteiger partial charge in [-0.3, -0.25) is 4.40 Å². The average Bonchev–Trinajstić information content (AvgIpc) is 2.81. The number of nitrogens with one attached hydrogen (secondary N) is 1. The molecule has 0 bridgehead atoms. The van der Waals surface area contributed by atoms with Crippen LogP contribution in [-0.4, -0.2) is 19.5 Å². The molecule has 0 amide bonds. The summed E-state index contributed by atoms with van der Waals surface area (Å²) in [6, 6.07) is 6.75. The minimum Gasteiger partial charge on any atom is -0.508 e. The molecule has 0 unspecified atom stereocenters. The second-order valence-corrected chi connectivity index (χ2v) is 3.68. The van der Waals surface area contributed by atoms with Gasteiger partial charge in [0.15, 0.2) is 0 Å². The highest BCUT2D eigenvalue weighted by Crippen LogP contribution is 2.23. The van der Waals surface area contributed by atoms with Crippen LogP contribution in [0.2, 0.25) is 0 Å². The first-order chi connectivity index (χ1) is 8.25. The van der Waals surface area contributed by atoms with Crippen molar-refractivity contribution in [1.82, 2.24) is 14.4 Å². The average molecular weight is 227 g/mol. The van der Waals surface area contributed by atoms with E-state index in [0.717, 1.165) is 11.1 Å². The third-order valence-corrected chi connectivity index (χ3v) is 2.62. The molecule has 0 aliphatic rings. The fourth-order valence-electron chi connectivity index (χ4n) is 1.79. The molecular weight excluding hydrogens is 218 g/mol. The monoisotopic (exact) mass is 227 g/mol.